The minimum atomic E-state index is -0.574. The fourth-order valence-corrected chi connectivity index (χ4v) is 5.89. The molecule has 0 radical (unpaired) electrons. The lowest BCUT2D eigenvalue weighted by molar-refractivity contribution is -0.117. The van der Waals surface area contributed by atoms with Crippen LogP contribution in [0.15, 0.2) is 61.6 Å². The zero-order valence-corrected chi connectivity index (χ0v) is 23.4. The average molecular weight is 567 g/mol. The first-order valence-corrected chi connectivity index (χ1v) is 14.2. The van der Waals surface area contributed by atoms with Crippen molar-refractivity contribution in [1.82, 2.24) is 30.2 Å². The van der Waals surface area contributed by atoms with Gasteiger partial charge >= 0.3 is 0 Å². The number of carbonyl (C=O) groups excluding carboxylic acids is 2. The standard InChI is InChI=1S/C31H34N8O3/c1-2-26(40)36-23-4-3-11-38(18-23)17-22-9-10-33-28(29(32)41)27(22)21-7-5-20(6-8-21)25-16-24-30(37-25)34-19-35-31(24)39-12-14-42-15-13-39/h2,5-10,16,19,23H,1,3-4,11-15,17-18H2,(H2,32,41)(H,36,40)(H,34,35,37)/t23-/m1/s1. The van der Waals surface area contributed by atoms with Gasteiger partial charge in [0, 0.05) is 49.7 Å². The van der Waals surface area contributed by atoms with Gasteiger partial charge in [0.1, 0.15) is 23.5 Å². The summed E-state index contributed by atoms with van der Waals surface area (Å²) in [7, 11) is 0. The molecule has 11 nitrogen and oxygen atoms in total. The Labute approximate surface area is 243 Å². The number of pyridine rings is 1. The minimum Gasteiger partial charge on any atom is -0.378 e. The molecule has 6 rings (SSSR count). The summed E-state index contributed by atoms with van der Waals surface area (Å²) in [5.74, 6) is 0.162. The van der Waals surface area contributed by atoms with Gasteiger partial charge in [-0.3, -0.25) is 19.5 Å². The molecule has 1 aromatic carbocycles. The number of benzene rings is 1. The number of aromatic nitrogens is 4. The highest BCUT2D eigenvalue weighted by atomic mass is 16.5. The van der Waals surface area contributed by atoms with Crippen LogP contribution in [0.3, 0.4) is 0 Å². The monoisotopic (exact) mass is 566 g/mol. The SMILES string of the molecule is C=CC(=O)N[C@@H]1CCCN(Cc2ccnc(C(N)=O)c2-c2ccc(-c3cc4c(N5CCOCC5)ncnc4[nH]3)cc2)C1. The maximum atomic E-state index is 12.5. The number of rotatable bonds is 8. The molecule has 2 aliphatic heterocycles. The van der Waals surface area contributed by atoms with Gasteiger partial charge in [-0.05, 0) is 54.3 Å². The van der Waals surface area contributed by atoms with Crippen LogP contribution in [0.4, 0.5) is 5.82 Å². The van der Waals surface area contributed by atoms with E-state index in [0.717, 1.165) is 77.3 Å². The Kier molecular flexibility index (Phi) is 7.93. The van der Waals surface area contributed by atoms with Crippen molar-refractivity contribution in [2.45, 2.75) is 25.4 Å². The molecule has 2 saturated heterocycles. The Balaban J connectivity index is 1.28. The maximum Gasteiger partial charge on any atom is 0.267 e. The highest BCUT2D eigenvalue weighted by molar-refractivity contribution is 5.99. The number of carbonyl (C=O) groups is 2. The molecule has 0 saturated carbocycles. The average Bonchev–Trinajstić information content (AvgIpc) is 3.46. The smallest absolute Gasteiger partial charge is 0.267 e. The number of hydrogen-bond acceptors (Lipinski definition) is 8. The number of morpholine rings is 1. The molecule has 1 atom stereocenters. The summed E-state index contributed by atoms with van der Waals surface area (Å²) in [6.07, 6.45) is 6.40. The van der Waals surface area contributed by atoms with Crippen molar-refractivity contribution < 1.29 is 14.3 Å². The predicted molar refractivity (Wildman–Crippen MR) is 161 cm³/mol. The molecule has 3 aromatic heterocycles. The highest BCUT2D eigenvalue weighted by Crippen LogP contribution is 2.33. The lowest BCUT2D eigenvalue weighted by Gasteiger charge is -2.33. The topological polar surface area (TPSA) is 142 Å². The molecule has 0 bridgehead atoms. The summed E-state index contributed by atoms with van der Waals surface area (Å²) in [5, 5.41) is 3.97. The summed E-state index contributed by atoms with van der Waals surface area (Å²) in [5.41, 5.74) is 11.2. The van der Waals surface area contributed by atoms with Crippen LogP contribution in [-0.4, -0.2) is 82.1 Å². The third kappa shape index (κ3) is 5.74. The van der Waals surface area contributed by atoms with E-state index >= 15 is 0 Å². The maximum absolute atomic E-state index is 12.5. The van der Waals surface area contributed by atoms with E-state index < -0.39 is 5.91 Å². The predicted octanol–water partition coefficient (Wildman–Crippen LogP) is 2.89. The number of anilines is 1. The van der Waals surface area contributed by atoms with Crippen LogP contribution in [-0.2, 0) is 16.1 Å². The number of piperidine rings is 1. The van der Waals surface area contributed by atoms with Gasteiger partial charge in [0.2, 0.25) is 5.91 Å². The number of primary amides is 1. The number of nitrogens with one attached hydrogen (secondary N) is 2. The third-order valence-corrected chi connectivity index (χ3v) is 7.90. The van der Waals surface area contributed by atoms with Crippen LogP contribution < -0.4 is 16.0 Å². The summed E-state index contributed by atoms with van der Waals surface area (Å²) < 4.78 is 5.50. The lowest BCUT2D eigenvalue weighted by Crippen LogP contribution is -2.47. The molecule has 2 fully saturated rings. The number of nitrogens with zero attached hydrogens (tertiary/aromatic N) is 5. The number of hydrogen-bond donors (Lipinski definition) is 3. The van der Waals surface area contributed by atoms with E-state index in [4.69, 9.17) is 10.5 Å². The normalized spacial score (nSPS) is 17.7. The van der Waals surface area contributed by atoms with Crippen LogP contribution >= 0.6 is 0 Å². The van der Waals surface area contributed by atoms with E-state index in [-0.39, 0.29) is 17.6 Å². The van der Waals surface area contributed by atoms with Gasteiger partial charge in [0.05, 0.1) is 18.6 Å². The van der Waals surface area contributed by atoms with Crippen molar-refractivity contribution in [2.75, 3.05) is 44.3 Å². The molecule has 0 aliphatic carbocycles. The summed E-state index contributed by atoms with van der Waals surface area (Å²) in [6.45, 7) is 8.70. The second-order valence-corrected chi connectivity index (χ2v) is 10.7. The summed E-state index contributed by atoms with van der Waals surface area (Å²) >= 11 is 0. The molecule has 4 aromatic rings. The number of H-pyrrole nitrogens is 1. The Bertz CT molecular complexity index is 1610. The second-order valence-electron chi connectivity index (χ2n) is 10.7. The number of amides is 2. The molecular weight excluding hydrogens is 532 g/mol. The molecule has 216 valence electrons. The first-order valence-electron chi connectivity index (χ1n) is 14.2. The van der Waals surface area contributed by atoms with Crippen LogP contribution in [0.1, 0.15) is 28.9 Å². The molecule has 42 heavy (non-hydrogen) atoms. The fourth-order valence-electron chi connectivity index (χ4n) is 5.89. The molecule has 5 heterocycles. The van der Waals surface area contributed by atoms with Crippen molar-refractivity contribution in [3.8, 4) is 22.4 Å². The Morgan fingerprint density at radius 3 is 2.64 bits per heavy atom. The number of ether oxygens (including phenoxy) is 1. The lowest BCUT2D eigenvalue weighted by atomic mass is 9.95. The van der Waals surface area contributed by atoms with Gasteiger partial charge in [0.15, 0.2) is 0 Å². The van der Waals surface area contributed by atoms with E-state index in [1.807, 2.05) is 30.3 Å². The largest absolute Gasteiger partial charge is 0.378 e. The van der Waals surface area contributed by atoms with Gasteiger partial charge in [-0.1, -0.05) is 30.8 Å². The van der Waals surface area contributed by atoms with Crippen LogP contribution in [0, 0.1) is 0 Å². The van der Waals surface area contributed by atoms with Crippen molar-refractivity contribution in [3.05, 3.63) is 72.8 Å². The minimum absolute atomic E-state index is 0.0502. The molecular formula is C31H34N8O3. The number of likely N-dealkylation sites (tertiary alicyclic amines) is 1. The zero-order valence-electron chi connectivity index (χ0n) is 23.4. The molecule has 0 spiro atoms. The number of aromatic amines is 1. The van der Waals surface area contributed by atoms with Crippen LogP contribution in [0.2, 0.25) is 0 Å². The first-order chi connectivity index (χ1) is 20.5. The third-order valence-electron chi connectivity index (χ3n) is 7.90. The van der Waals surface area contributed by atoms with Gasteiger partial charge in [-0.15, -0.1) is 0 Å². The Morgan fingerprint density at radius 1 is 1.10 bits per heavy atom. The molecule has 2 amide bonds. The molecule has 11 heteroatoms. The van der Waals surface area contributed by atoms with Gasteiger partial charge in [-0.2, -0.15) is 0 Å². The van der Waals surface area contributed by atoms with Gasteiger partial charge in [-0.25, -0.2) is 9.97 Å². The molecule has 4 N–H and O–H groups in total. The van der Waals surface area contributed by atoms with E-state index in [1.165, 1.54) is 6.08 Å². The van der Waals surface area contributed by atoms with E-state index in [9.17, 15) is 9.59 Å². The van der Waals surface area contributed by atoms with E-state index in [2.05, 4.69) is 47.7 Å². The zero-order chi connectivity index (χ0) is 29.1. The highest BCUT2D eigenvalue weighted by Gasteiger charge is 2.24. The second kappa shape index (κ2) is 12.1. The number of fused-ring (bicyclic) bond motifs is 1. The molecule has 0 unspecified atom stereocenters. The molecule has 2 aliphatic rings. The number of nitrogens with two attached hydrogens (primary N) is 1. The fraction of sp³-hybridized carbons (Fsp3) is 0.323. The van der Waals surface area contributed by atoms with E-state index in [1.54, 1.807) is 12.5 Å². The van der Waals surface area contributed by atoms with Gasteiger partial charge < -0.3 is 25.7 Å². The van der Waals surface area contributed by atoms with Crippen molar-refractivity contribution in [3.63, 3.8) is 0 Å². The Hall–Kier alpha value is -4.61. The van der Waals surface area contributed by atoms with Gasteiger partial charge in [0.25, 0.3) is 5.91 Å². The summed E-state index contributed by atoms with van der Waals surface area (Å²) in [6, 6.07) is 12.1. The summed E-state index contributed by atoms with van der Waals surface area (Å²) in [4.78, 5) is 45.6. The Morgan fingerprint density at radius 2 is 1.88 bits per heavy atom. The van der Waals surface area contributed by atoms with Crippen molar-refractivity contribution in [1.29, 1.82) is 0 Å². The van der Waals surface area contributed by atoms with Crippen LogP contribution in [0.25, 0.3) is 33.4 Å². The first kappa shape index (κ1) is 27.6. The quantitative estimate of drug-likeness (QED) is 0.277. The van der Waals surface area contributed by atoms with Crippen molar-refractivity contribution >= 4 is 28.7 Å². The van der Waals surface area contributed by atoms with Crippen LogP contribution in [0.5, 0.6) is 0 Å². The van der Waals surface area contributed by atoms with E-state index in [0.29, 0.717) is 26.3 Å². The van der Waals surface area contributed by atoms with Crippen molar-refractivity contribution in [2.24, 2.45) is 5.73 Å².